The maximum Gasteiger partial charge on any atom is 0.0760 e. The molecule has 0 amide bonds. The van der Waals surface area contributed by atoms with Gasteiger partial charge in [-0.3, -0.25) is 0 Å². The minimum absolute atomic E-state index is 0.291. The van der Waals surface area contributed by atoms with Crippen LogP contribution in [-0.4, -0.2) is 15.8 Å². The van der Waals surface area contributed by atoms with E-state index >= 15 is 0 Å². The molecule has 3 heteroatoms. The molecule has 4 rings (SSSR count). The highest BCUT2D eigenvalue weighted by Gasteiger charge is 2.34. The Morgan fingerprint density at radius 1 is 1.14 bits per heavy atom. The fraction of sp³-hybridized carbons (Fsp3) is 0.368. The molecule has 2 aromatic carbocycles. The van der Waals surface area contributed by atoms with Gasteiger partial charge in [0.15, 0.2) is 0 Å². The third-order valence-corrected chi connectivity index (χ3v) is 4.97. The van der Waals surface area contributed by atoms with Crippen LogP contribution in [0.25, 0.3) is 21.8 Å². The Balaban J connectivity index is 1.88. The molecule has 2 atom stereocenters. The first-order valence-corrected chi connectivity index (χ1v) is 8.15. The van der Waals surface area contributed by atoms with Crippen LogP contribution in [0.15, 0.2) is 42.5 Å². The van der Waals surface area contributed by atoms with Gasteiger partial charge < -0.3 is 15.4 Å². The number of aliphatic hydroxyl groups is 1. The zero-order valence-corrected chi connectivity index (χ0v) is 12.9. The molecule has 0 bridgehead atoms. The van der Waals surface area contributed by atoms with Crippen LogP contribution in [0.4, 0.5) is 0 Å². The molecule has 1 aliphatic carbocycles. The summed E-state index contributed by atoms with van der Waals surface area (Å²) in [5.41, 5.74) is 9.82. The van der Waals surface area contributed by atoms with Gasteiger partial charge in [0.2, 0.25) is 0 Å². The smallest absolute Gasteiger partial charge is 0.0760 e. The average Bonchev–Trinajstić information content (AvgIpc) is 3.35. The monoisotopic (exact) mass is 294 g/mol. The van der Waals surface area contributed by atoms with E-state index in [9.17, 15) is 5.11 Å². The van der Waals surface area contributed by atoms with E-state index in [0.717, 1.165) is 24.9 Å². The molecular formula is C19H22N2O. The van der Waals surface area contributed by atoms with E-state index in [0.29, 0.717) is 5.92 Å². The molecule has 0 radical (unpaired) electrons. The molecule has 3 aromatic rings. The number of hydrogen-bond donors (Lipinski definition) is 2. The Morgan fingerprint density at radius 2 is 1.86 bits per heavy atom. The molecule has 114 valence electrons. The lowest BCUT2D eigenvalue weighted by Crippen LogP contribution is -2.27. The van der Waals surface area contributed by atoms with Gasteiger partial charge in [-0.1, -0.05) is 24.3 Å². The standard InChI is InChI=1S/C19H22N2O/c1-2-21-16-6-4-3-5-14(16)15-11-13(9-10-17(15)21)18(20)19(22)12-7-8-12/h3-6,9-12,18-19,22H,2,7-8,20H2,1H3/t18-,19+/m0/s1. The number of aliphatic hydroxyl groups excluding tert-OH is 1. The summed E-state index contributed by atoms with van der Waals surface area (Å²) in [5.74, 6) is 0.391. The molecular weight excluding hydrogens is 272 g/mol. The molecule has 3 N–H and O–H groups in total. The highest BCUT2D eigenvalue weighted by Crippen LogP contribution is 2.38. The first-order valence-electron chi connectivity index (χ1n) is 8.15. The summed E-state index contributed by atoms with van der Waals surface area (Å²) in [7, 11) is 0. The van der Waals surface area contributed by atoms with Crippen molar-refractivity contribution in [2.24, 2.45) is 11.7 Å². The van der Waals surface area contributed by atoms with Crippen LogP contribution in [0.5, 0.6) is 0 Å². The van der Waals surface area contributed by atoms with Gasteiger partial charge in [-0.05, 0) is 49.4 Å². The number of nitrogens with two attached hydrogens (primary N) is 1. The molecule has 0 unspecified atom stereocenters. The third-order valence-electron chi connectivity index (χ3n) is 4.97. The van der Waals surface area contributed by atoms with E-state index in [1.807, 2.05) is 0 Å². The molecule has 0 aliphatic heterocycles. The average molecular weight is 294 g/mol. The van der Waals surface area contributed by atoms with Crippen LogP contribution in [0.2, 0.25) is 0 Å². The predicted molar refractivity (Wildman–Crippen MR) is 90.8 cm³/mol. The first-order chi connectivity index (χ1) is 10.7. The Labute approximate surface area is 130 Å². The second kappa shape index (κ2) is 5.11. The van der Waals surface area contributed by atoms with E-state index in [4.69, 9.17) is 5.73 Å². The summed E-state index contributed by atoms with van der Waals surface area (Å²) < 4.78 is 2.33. The van der Waals surface area contributed by atoms with Crippen molar-refractivity contribution in [3.05, 3.63) is 48.0 Å². The fourth-order valence-electron chi connectivity index (χ4n) is 3.55. The van der Waals surface area contributed by atoms with Gasteiger partial charge in [-0.25, -0.2) is 0 Å². The lowest BCUT2D eigenvalue weighted by molar-refractivity contribution is 0.122. The van der Waals surface area contributed by atoms with Gasteiger partial charge in [-0.2, -0.15) is 0 Å². The van der Waals surface area contributed by atoms with Crippen LogP contribution < -0.4 is 5.73 Å². The van der Waals surface area contributed by atoms with Gasteiger partial charge in [-0.15, -0.1) is 0 Å². The molecule has 1 fully saturated rings. The summed E-state index contributed by atoms with van der Waals surface area (Å²) in [5, 5.41) is 12.8. The second-order valence-corrected chi connectivity index (χ2v) is 6.39. The minimum Gasteiger partial charge on any atom is -0.391 e. The van der Waals surface area contributed by atoms with Crippen LogP contribution in [0.3, 0.4) is 0 Å². The number of fused-ring (bicyclic) bond motifs is 3. The largest absolute Gasteiger partial charge is 0.391 e. The topological polar surface area (TPSA) is 51.2 Å². The minimum atomic E-state index is -0.419. The predicted octanol–water partition coefficient (Wildman–Crippen LogP) is 3.59. The van der Waals surface area contributed by atoms with Crippen molar-refractivity contribution in [2.75, 3.05) is 0 Å². The van der Waals surface area contributed by atoms with Gasteiger partial charge in [0.05, 0.1) is 12.1 Å². The quantitative estimate of drug-likeness (QED) is 0.772. The number of aromatic nitrogens is 1. The summed E-state index contributed by atoms with van der Waals surface area (Å²) >= 11 is 0. The first kappa shape index (κ1) is 13.8. The number of para-hydroxylation sites is 1. The normalized spacial score (nSPS) is 18.0. The van der Waals surface area contributed by atoms with Crippen LogP contribution >= 0.6 is 0 Å². The van der Waals surface area contributed by atoms with Gasteiger partial charge in [0.1, 0.15) is 0 Å². The third kappa shape index (κ3) is 2.04. The summed E-state index contributed by atoms with van der Waals surface area (Å²) in [6, 6.07) is 14.6. The Bertz CT molecular complexity index is 832. The number of hydrogen-bond acceptors (Lipinski definition) is 2. The van der Waals surface area contributed by atoms with E-state index in [-0.39, 0.29) is 6.04 Å². The molecule has 1 aromatic heterocycles. The van der Waals surface area contributed by atoms with E-state index < -0.39 is 6.10 Å². The van der Waals surface area contributed by atoms with Crippen molar-refractivity contribution in [3.63, 3.8) is 0 Å². The van der Waals surface area contributed by atoms with Crippen LogP contribution in [0, 0.1) is 5.92 Å². The number of benzene rings is 2. The molecule has 1 saturated carbocycles. The van der Waals surface area contributed by atoms with Gasteiger partial charge in [0, 0.05) is 28.4 Å². The Kier molecular flexibility index (Phi) is 3.21. The van der Waals surface area contributed by atoms with E-state index in [1.165, 1.54) is 21.8 Å². The maximum absolute atomic E-state index is 10.3. The zero-order valence-electron chi connectivity index (χ0n) is 12.9. The van der Waals surface area contributed by atoms with Gasteiger partial charge in [0.25, 0.3) is 0 Å². The van der Waals surface area contributed by atoms with E-state index in [1.54, 1.807) is 0 Å². The van der Waals surface area contributed by atoms with Crippen molar-refractivity contribution in [1.82, 2.24) is 4.57 Å². The Morgan fingerprint density at radius 3 is 2.59 bits per heavy atom. The molecule has 1 aliphatic rings. The molecule has 1 heterocycles. The summed E-state index contributed by atoms with van der Waals surface area (Å²) in [4.78, 5) is 0. The summed E-state index contributed by atoms with van der Waals surface area (Å²) in [6.45, 7) is 3.11. The summed E-state index contributed by atoms with van der Waals surface area (Å²) in [6.07, 6.45) is 1.79. The second-order valence-electron chi connectivity index (χ2n) is 6.39. The molecule has 0 spiro atoms. The van der Waals surface area contributed by atoms with Crippen molar-refractivity contribution in [2.45, 2.75) is 38.5 Å². The molecule has 22 heavy (non-hydrogen) atoms. The lowest BCUT2D eigenvalue weighted by Gasteiger charge is -2.19. The lowest BCUT2D eigenvalue weighted by atomic mass is 9.97. The van der Waals surface area contributed by atoms with Crippen LogP contribution in [0.1, 0.15) is 31.4 Å². The highest BCUT2D eigenvalue weighted by molar-refractivity contribution is 6.08. The number of rotatable bonds is 4. The molecule has 0 saturated heterocycles. The van der Waals surface area contributed by atoms with Gasteiger partial charge >= 0.3 is 0 Å². The SMILES string of the molecule is CCn1c2ccccc2c2cc([C@H](N)[C@H](O)C3CC3)ccc21. The molecule has 3 nitrogen and oxygen atoms in total. The maximum atomic E-state index is 10.3. The Hall–Kier alpha value is -1.84. The van der Waals surface area contributed by atoms with Crippen LogP contribution in [-0.2, 0) is 6.54 Å². The van der Waals surface area contributed by atoms with E-state index in [2.05, 4.69) is 54.0 Å². The highest BCUT2D eigenvalue weighted by atomic mass is 16.3. The van der Waals surface area contributed by atoms with Crippen molar-refractivity contribution < 1.29 is 5.11 Å². The fourth-order valence-corrected chi connectivity index (χ4v) is 3.55. The van der Waals surface area contributed by atoms with Crippen molar-refractivity contribution in [3.8, 4) is 0 Å². The number of nitrogens with zero attached hydrogens (tertiary/aromatic N) is 1. The number of aryl methyl sites for hydroxylation is 1. The van der Waals surface area contributed by atoms with Crippen molar-refractivity contribution in [1.29, 1.82) is 0 Å². The zero-order chi connectivity index (χ0) is 15.3. The van der Waals surface area contributed by atoms with Crippen molar-refractivity contribution >= 4 is 21.8 Å².